The summed E-state index contributed by atoms with van der Waals surface area (Å²) in [5, 5.41) is 0. The van der Waals surface area contributed by atoms with Crippen LogP contribution in [0, 0.1) is 6.92 Å². The van der Waals surface area contributed by atoms with Gasteiger partial charge in [0.05, 0.1) is 5.69 Å². The van der Waals surface area contributed by atoms with Crippen molar-refractivity contribution in [2.24, 2.45) is 0 Å². The number of rotatable bonds is 4. The molecule has 0 amide bonds. The van der Waals surface area contributed by atoms with Crippen LogP contribution in [0.3, 0.4) is 0 Å². The fourth-order valence-corrected chi connectivity index (χ4v) is 2.01. The third-order valence-electron chi connectivity index (χ3n) is 3.21. The smallest absolute Gasteiger partial charge is 0.292 e. The lowest BCUT2D eigenvalue weighted by Crippen LogP contribution is -1.95. The first kappa shape index (κ1) is 12.7. The van der Waals surface area contributed by atoms with Gasteiger partial charge in [0.2, 0.25) is 0 Å². The minimum Gasteiger partial charge on any atom is -0.429 e. The van der Waals surface area contributed by atoms with Crippen molar-refractivity contribution in [2.75, 3.05) is 5.73 Å². The van der Waals surface area contributed by atoms with E-state index in [0.717, 1.165) is 24.3 Å². The van der Waals surface area contributed by atoms with Crippen molar-refractivity contribution in [3.63, 3.8) is 0 Å². The van der Waals surface area contributed by atoms with E-state index < -0.39 is 0 Å². The highest BCUT2D eigenvalue weighted by atomic mass is 16.4. The van der Waals surface area contributed by atoms with E-state index in [2.05, 4.69) is 43.1 Å². The monoisotopic (exact) mass is 244 g/mol. The summed E-state index contributed by atoms with van der Waals surface area (Å²) < 4.78 is 5.22. The second-order valence-corrected chi connectivity index (χ2v) is 4.95. The molecule has 2 aromatic rings. The third-order valence-corrected chi connectivity index (χ3v) is 3.21. The maximum Gasteiger partial charge on any atom is 0.292 e. The molecule has 18 heavy (non-hydrogen) atoms. The Balaban J connectivity index is 2.00. The van der Waals surface area contributed by atoms with E-state index in [4.69, 9.17) is 10.2 Å². The van der Waals surface area contributed by atoms with Crippen LogP contribution in [0.2, 0.25) is 0 Å². The average Bonchev–Trinajstić information content (AvgIpc) is 2.66. The van der Waals surface area contributed by atoms with Crippen LogP contribution in [-0.2, 0) is 12.8 Å². The number of anilines is 1. The Morgan fingerprint density at radius 3 is 2.33 bits per heavy atom. The molecule has 2 N–H and O–H groups in total. The van der Waals surface area contributed by atoms with Crippen LogP contribution < -0.4 is 5.73 Å². The molecule has 0 saturated heterocycles. The van der Waals surface area contributed by atoms with Crippen molar-refractivity contribution in [1.82, 2.24) is 4.98 Å². The lowest BCUT2D eigenvalue weighted by atomic mass is 10.00. The number of nitrogen functional groups attached to an aromatic ring is 1. The number of aryl methyl sites for hydroxylation is 3. The Bertz CT molecular complexity index is 512. The summed E-state index contributed by atoms with van der Waals surface area (Å²) in [5.41, 5.74) is 9.18. The van der Waals surface area contributed by atoms with Crippen LogP contribution in [0.1, 0.15) is 42.3 Å². The molecule has 0 saturated carbocycles. The molecule has 1 aromatic carbocycles. The van der Waals surface area contributed by atoms with Gasteiger partial charge in [-0.3, -0.25) is 0 Å². The van der Waals surface area contributed by atoms with Gasteiger partial charge in [0.25, 0.3) is 6.01 Å². The largest absolute Gasteiger partial charge is 0.429 e. The van der Waals surface area contributed by atoms with Crippen LogP contribution in [0.4, 0.5) is 6.01 Å². The number of hydrogen-bond donors (Lipinski definition) is 1. The van der Waals surface area contributed by atoms with Gasteiger partial charge in [0, 0.05) is 0 Å². The van der Waals surface area contributed by atoms with Crippen molar-refractivity contribution in [3.8, 4) is 0 Å². The molecule has 0 atom stereocenters. The van der Waals surface area contributed by atoms with Crippen molar-refractivity contribution in [3.05, 3.63) is 46.8 Å². The molecular formula is C15H20N2O. The first-order valence-corrected chi connectivity index (χ1v) is 6.37. The molecule has 0 aliphatic heterocycles. The fraction of sp³-hybridized carbons (Fsp3) is 0.400. The van der Waals surface area contributed by atoms with Crippen molar-refractivity contribution >= 4 is 6.01 Å². The average molecular weight is 244 g/mol. The summed E-state index contributed by atoms with van der Waals surface area (Å²) in [4.78, 5) is 4.18. The Kier molecular flexibility index (Phi) is 3.70. The summed E-state index contributed by atoms with van der Waals surface area (Å²) >= 11 is 0. The summed E-state index contributed by atoms with van der Waals surface area (Å²) in [6.07, 6.45) is 1.83. The lowest BCUT2D eigenvalue weighted by molar-refractivity contribution is 0.544. The van der Waals surface area contributed by atoms with Crippen molar-refractivity contribution < 1.29 is 4.42 Å². The Morgan fingerprint density at radius 1 is 1.17 bits per heavy atom. The van der Waals surface area contributed by atoms with Crippen LogP contribution in [0.25, 0.3) is 0 Å². The predicted molar refractivity (Wildman–Crippen MR) is 73.6 cm³/mol. The normalized spacial score (nSPS) is 11.1. The van der Waals surface area contributed by atoms with Crippen LogP contribution in [-0.4, -0.2) is 4.98 Å². The highest BCUT2D eigenvalue weighted by Crippen LogP contribution is 2.17. The molecule has 96 valence electrons. The molecule has 3 nitrogen and oxygen atoms in total. The summed E-state index contributed by atoms with van der Waals surface area (Å²) in [5.74, 6) is 1.41. The molecule has 2 rings (SSSR count). The van der Waals surface area contributed by atoms with E-state index in [1.807, 2.05) is 6.92 Å². The molecule has 0 radical (unpaired) electrons. The number of oxazole rings is 1. The van der Waals surface area contributed by atoms with E-state index >= 15 is 0 Å². The number of nitrogens with two attached hydrogens (primary N) is 1. The van der Waals surface area contributed by atoms with Gasteiger partial charge in [-0.05, 0) is 36.8 Å². The van der Waals surface area contributed by atoms with Gasteiger partial charge in [0.1, 0.15) is 5.76 Å². The van der Waals surface area contributed by atoms with E-state index in [1.54, 1.807) is 0 Å². The van der Waals surface area contributed by atoms with Gasteiger partial charge >= 0.3 is 0 Å². The molecule has 0 spiro atoms. The maximum atomic E-state index is 5.52. The Labute approximate surface area is 108 Å². The highest BCUT2D eigenvalue weighted by Gasteiger charge is 2.07. The lowest BCUT2D eigenvalue weighted by Gasteiger charge is -2.06. The second kappa shape index (κ2) is 5.25. The van der Waals surface area contributed by atoms with Gasteiger partial charge in [-0.25, -0.2) is 0 Å². The number of aromatic nitrogens is 1. The zero-order valence-corrected chi connectivity index (χ0v) is 11.2. The number of benzene rings is 1. The van der Waals surface area contributed by atoms with Crippen LogP contribution in [0.15, 0.2) is 28.7 Å². The first-order valence-electron chi connectivity index (χ1n) is 6.37. The van der Waals surface area contributed by atoms with Crippen molar-refractivity contribution in [2.45, 2.75) is 39.5 Å². The molecule has 1 heterocycles. The van der Waals surface area contributed by atoms with Gasteiger partial charge in [-0.15, -0.1) is 0 Å². The Morgan fingerprint density at radius 2 is 1.83 bits per heavy atom. The van der Waals surface area contributed by atoms with Crippen LogP contribution in [0.5, 0.6) is 0 Å². The molecule has 0 bridgehead atoms. The van der Waals surface area contributed by atoms with Crippen molar-refractivity contribution in [1.29, 1.82) is 0 Å². The highest BCUT2D eigenvalue weighted by molar-refractivity contribution is 5.26. The predicted octanol–water partition coefficient (Wildman–Crippen LogP) is 3.47. The molecule has 1 aromatic heterocycles. The van der Waals surface area contributed by atoms with E-state index in [1.165, 1.54) is 11.1 Å². The molecule has 0 aliphatic carbocycles. The topological polar surface area (TPSA) is 52.0 Å². The summed E-state index contributed by atoms with van der Waals surface area (Å²) in [6.45, 7) is 6.31. The standard InChI is InChI=1S/C15H20N2O/c1-10(2)13-7-4-12(5-8-13)6-9-14-11(3)18-15(16)17-14/h4-5,7-8,10H,6,9H2,1-3H3,(H2,16,17). The van der Waals surface area contributed by atoms with Gasteiger partial charge < -0.3 is 10.2 Å². The zero-order chi connectivity index (χ0) is 13.1. The second-order valence-electron chi connectivity index (χ2n) is 4.95. The number of hydrogen-bond acceptors (Lipinski definition) is 3. The fourth-order valence-electron chi connectivity index (χ4n) is 2.01. The molecule has 3 heteroatoms. The number of nitrogens with zero attached hydrogens (tertiary/aromatic N) is 1. The minimum atomic E-state index is 0.262. The quantitative estimate of drug-likeness (QED) is 0.895. The molecule has 0 unspecified atom stereocenters. The summed E-state index contributed by atoms with van der Waals surface area (Å²) in [6, 6.07) is 9.04. The zero-order valence-electron chi connectivity index (χ0n) is 11.2. The molecule has 0 aliphatic rings. The van der Waals surface area contributed by atoms with E-state index in [-0.39, 0.29) is 6.01 Å². The molecule has 0 fully saturated rings. The van der Waals surface area contributed by atoms with E-state index in [0.29, 0.717) is 5.92 Å². The van der Waals surface area contributed by atoms with Crippen LogP contribution >= 0.6 is 0 Å². The summed E-state index contributed by atoms with van der Waals surface area (Å²) in [7, 11) is 0. The minimum absolute atomic E-state index is 0.262. The molecular weight excluding hydrogens is 224 g/mol. The van der Waals surface area contributed by atoms with Gasteiger partial charge in [-0.2, -0.15) is 4.98 Å². The van der Waals surface area contributed by atoms with E-state index in [9.17, 15) is 0 Å². The maximum absolute atomic E-state index is 5.52. The van der Waals surface area contributed by atoms with Gasteiger partial charge in [-0.1, -0.05) is 38.1 Å². The Hall–Kier alpha value is -1.77. The van der Waals surface area contributed by atoms with Gasteiger partial charge in [0.15, 0.2) is 0 Å². The first-order chi connectivity index (χ1) is 8.56. The third kappa shape index (κ3) is 2.92. The SMILES string of the molecule is Cc1oc(N)nc1CCc1ccc(C(C)C)cc1.